The standard InChI is InChI=1S/C13H20N4O3/c1-9(2)7-16-13(18)8-15-11-4-10(14-3)5-12(6-11)17(19)20/h4-6,9,14-15H,7-8H2,1-3H3,(H,16,18). The predicted octanol–water partition coefficient (Wildman–Crippen LogP) is 1.82. The first-order valence-corrected chi connectivity index (χ1v) is 6.40. The van der Waals surface area contributed by atoms with Crippen molar-refractivity contribution in [1.29, 1.82) is 0 Å². The van der Waals surface area contributed by atoms with E-state index in [1.807, 2.05) is 13.8 Å². The number of hydrogen-bond donors (Lipinski definition) is 3. The molecule has 1 aromatic carbocycles. The van der Waals surface area contributed by atoms with E-state index in [4.69, 9.17) is 0 Å². The lowest BCUT2D eigenvalue weighted by atomic mass is 10.2. The number of rotatable bonds is 7. The first-order chi connectivity index (χ1) is 9.42. The summed E-state index contributed by atoms with van der Waals surface area (Å²) in [6.07, 6.45) is 0. The van der Waals surface area contributed by atoms with Crippen LogP contribution in [0.4, 0.5) is 17.1 Å². The van der Waals surface area contributed by atoms with Crippen molar-refractivity contribution in [2.45, 2.75) is 13.8 Å². The number of nitrogens with zero attached hydrogens (tertiary/aromatic N) is 1. The van der Waals surface area contributed by atoms with Crippen LogP contribution in [0.1, 0.15) is 13.8 Å². The minimum atomic E-state index is -0.467. The molecular formula is C13H20N4O3. The maximum absolute atomic E-state index is 11.6. The third-order valence-corrected chi connectivity index (χ3v) is 2.58. The number of nitrogens with one attached hydrogen (secondary N) is 3. The molecule has 0 heterocycles. The lowest BCUT2D eigenvalue weighted by molar-refractivity contribution is -0.384. The molecule has 0 aliphatic rings. The van der Waals surface area contributed by atoms with Crippen LogP contribution in [-0.4, -0.2) is 31.0 Å². The second-order valence-electron chi connectivity index (χ2n) is 4.83. The number of carbonyl (C=O) groups excluding carboxylic acids is 1. The van der Waals surface area contributed by atoms with Crippen LogP contribution in [0.15, 0.2) is 18.2 Å². The molecule has 1 amide bonds. The van der Waals surface area contributed by atoms with Gasteiger partial charge in [-0.2, -0.15) is 0 Å². The van der Waals surface area contributed by atoms with Crippen molar-refractivity contribution in [3.63, 3.8) is 0 Å². The summed E-state index contributed by atoms with van der Waals surface area (Å²) in [5.74, 6) is 0.240. The number of nitro benzene ring substituents is 1. The average Bonchev–Trinajstić information content (AvgIpc) is 2.42. The van der Waals surface area contributed by atoms with Gasteiger partial charge in [0.25, 0.3) is 5.69 Å². The number of carbonyl (C=O) groups is 1. The molecule has 0 saturated carbocycles. The molecule has 0 fully saturated rings. The van der Waals surface area contributed by atoms with Gasteiger partial charge < -0.3 is 16.0 Å². The van der Waals surface area contributed by atoms with Crippen LogP contribution >= 0.6 is 0 Å². The van der Waals surface area contributed by atoms with Crippen molar-refractivity contribution < 1.29 is 9.72 Å². The first kappa shape index (κ1) is 15.7. The van der Waals surface area contributed by atoms with Crippen LogP contribution in [0.2, 0.25) is 0 Å². The topological polar surface area (TPSA) is 96.3 Å². The van der Waals surface area contributed by atoms with Gasteiger partial charge in [0.15, 0.2) is 0 Å². The van der Waals surface area contributed by atoms with Crippen molar-refractivity contribution in [1.82, 2.24) is 5.32 Å². The molecule has 1 aromatic rings. The van der Waals surface area contributed by atoms with E-state index in [1.54, 1.807) is 13.1 Å². The maximum Gasteiger partial charge on any atom is 0.273 e. The van der Waals surface area contributed by atoms with Gasteiger partial charge in [-0.3, -0.25) is 14.9 Å². The molecule has 3 N–H and O–H groups in total. The fourth-order valence-corrected chi connectivity index (χ4v) is 1.53. The number of anilines is 2. The fraction of sp³-hybridized carbons (Fsp3) is 0.462. The van der Waals surface area contributed by atoms with Gasteiger partial charge in [-0.15, -0.1) is 0 Å². The summed E-state index contributed by atoms with van der Waals surface area (Å²) in [5.41, 5.74) is 1.12. The van der Waals surface area contributed by atoms with Crippen LogP contribution in [0.5, 0.6) is 0 Å². The second-order valence-corrected chi connectivity index (χ2v) is 4.83. The number of benzene rings is 1. The van der Waals surface area contributed by atoms with E-state index in [9.17, 15) is 14.9 Å². The normalized spacial score (nSPS) is 10.2. The number of nitro groups is 1. The minimum Gasteiger partial charge on any atom is -0.388 e. The van der Waals surface area contributed by atoms with Crippen LogP contribution in [0, 0.1) is 16.0 Å². The van der Waals surface area contributed by atoms with Gasteiger partial charge in [0.1, 0.15) is 0 Å². The van der Waals surface area contributed by atoms with Gasteiger partial charge >= 0.3 is 0 Å². The molecule has 0 saturated heterocycles. The Morgan fingerprint density at radius 3 is 2.50 bits per heavy atom. The van der Waals surface area contributed by atoms with Gasteiger partial charge in [0, 0.05) is 37.1 Å². The monoisotopic (exact) mass is 280 g/mol. The molecule has 0 bridgehead atoms. The lowest BCUT2D eigenvalue weighted by Crippen LogP contribution is -2.32. The number of hydrogen-bond acceptors (Lipinski definition) is 5. The second kappa shape index (κ2) is 7.32. The summed E-state index contributed by atoms with van der Waals surface area (Å²) in [6, 6.07) is 4.54. The van der Waals surface area contributed by atoms with Gasteiger partial charge in [-0.1, -0.05) is 13.8 Å². The van der Waals surface area contributed by atoms with Crippen LogP contribution in [0.25, 0.3) is 0 Å². The number of non-ortho nitro benzene ring substituents is 1. The van der Waals surface area contributed by atoms with Crippen LogP contribution in [-0.2, 0) is 4.79 Å². The van der Waals surface area contributed by atoms with Crippen molar-refractivity contribution in [2.75, 3.05) is 30.8 Å². The minimum absolute atomic E-state index is 0.0260. The third kappa shape index (κ3) is 5.13. The van der Waals surface area contributed by atoms with E-state index in [2.05, 4.69) is 16.0 Å². The van der Waals surface area contributed by atoms with E-state index >= 15 is 0 Å². The Bertz CT molecular complexity index is 489. The zero-order valence-corrected chi connectivity index (χ0v) is 11.9. The average molecular weight is 280 g/mol. The first-order valence-electron chi connectivity index (χ1n) is 6.40. The maximum atomic E-state index is 11.6. The quantitative estimate of drug-likeness (QED) is 0.523. The largest absolute Gasteiger partial charge is 0.388 e. The van der Waals surface area contributed by atoms with E-state index in [-0.39, 0.29) is 18.1 Å². The van der Waals surface area contributed by atoms with E-state index in [0.29, 0.717) is 23.8 Å². The predicted molar refractivity (Wildman–Crippen MR) is 79.0 cm³/mol. The molecule has 0 unspecified atom stereocenters. The highest BCUT2D eigenvalue weighted by Gasteiger charge is 2.10. The van der Waals surface area contributed by atoms with E-state index in [0.717, 1.165) is 0 Å². The lowest BCUT2D eigenvalue weighted by Gasteiger charge is -2.10. The Morgan fingerprint density at radius 1 is 1.30 bits per heavy atom. The zero-order chi connectivity index (χ0) is 15.1. The number of amides is 1. The zero-order valence-electron chi connectivity index (χ0n) is 11.9. The SMILES string of the molecule is CNc1cc(NCC(=O)NCC(C)C)cc([N+](=O)[O-])c1. The molecule has 110 valence electrons. The van der Waals surface area contributed by atoms with Crippen molar-refractivity contribution in [3.05, 3.63) is 28.3 Å². The Labute approximate surface area is 117 Å². The highest BCUT2D eigenvalue weighted by molar-refractivity contribution is 5.81. The molecule has 20 heavy (non-hydrogen) atoms. The molecule has 7 nitrogen and oxygen atoms in total. The molecule has 7 heteroatoms. The summed E-state index contributed by atoms with van der Waals surface area (Å²) in [7, 11) is 1.68. The van der Waals surface area contributed by atoms with Crippen LogP contribution < -0.4 is 16.0 Å². The Morgan fingerprint density at radius 2 is 1.95 bits per heavy atom. The van der Waals surface area contributed by atoms with Gasteiger partial charge in [0.05, 0.1) is 11.5 Å². The molecule has 0 aliphatic carbocycles. The highest BCUT2D eigenvalue weighted by Crippen LogP contribution is 2.23. The van der Waals surface area contributed by atoms with Crippen molar-refractivity contribution >= 4 is 23.0 Å². The molecule has 0 spiro atoms. The smallest absolute Gasteiger partial charge is 0.273 e. The van der Waals surface area contributed by atoms with E-state index in [1.165, 1.54) is 12.1 Å². The van der Waals surface area contributed by atoms with Crippen LogP contribution in [0.3, 0.4) is 0 Å². The summed E-state index contributed by atoms with van der Waals surface area (Å²) in [6.45, 7) is 4.70. The molecule has 1 rings (SSSR count). The molecule has 0 radical (unpaired) electrons. The summed E-state index contributed by atoms with van der Waals surface area (Å²) in [5, 5.41) is 19.3. The summed E-state index contributed by atoms with van der Waals surface area (Å²) in [4.78, 5) is 21.9. The Kier molecular flexibility index (Phi) is 5.76. The van der Waals surface area contributed by atoms with Gasteiger partial charge in [0.2, 0.25) is 5.91 Å². The van der Waals surface area contributed by atoms with Crippen molar-refractivity contribution in [2.24, 2.45) is 5.92 Å². The highest BCUT2D eigenvalue weighted by atomic mass is 16.6. The third-order valence-electron chi connectivity index (χ3n) is 2.58. The molecule has 0 aromatic heterocycles. The Hall–Kier alpha value is -2.31. The van der Waals surface area contributed by atoms with E-state index < -0.39 is 4.92 Å². The Balaban J connectivity index is 2.65. The van der Waals surface area contributed by atoms with Crippen molar-refractivity contribution in [3.8, 4) is 0 Å². The molecule has 0 atom stereocenters. The van der Waals surface area contributed by atoms with Gasteiger partial charge in [-0.05, 0) is 12.0 Å². The molecular weight excluding hydrogens is 260 g/mol. The fourth-order valence-electron chi connectivity index (χ4n) is 1.53. The summed E-state index contributed by atoms with van der Waals surface area (Å²) < 4.78 is 0. The molecule has 0 aliphatic heterocycles. The van der Waals surface area contributed by atoms with Gasteiger partial charge in [-0.25, -0.2) is 0 Å². The summed E-state index contributed by atoms with van der Waals surface area (Å²) >= 11 is 0.